The fraction of sp³-hybridized carbons (Fsp3) is 0.375. The van der Waals surface area contributed by atoms with Crippen molar-refractivity contribution < 1.29 is 17.9 Å². The van der Waals surface area contributed by atoms with E-state index < -0.39 is 18.8 Å². The average molecular weight is 191 g/mol. The second-order valence-electron chi connectivity index (χ2n) is 2.31. The highest BCUT2D eigenvalue weighted by molar-refractivity contribution is 5.35. The van der Waals surface area contributed by atoms with Crippen LogP contribution in [0.15, 0.2) is 12.3 Å². The smallest absolute Gasteiger partial charge is 0.280 e. The highest BCUT2D eigenvalue weighted by atomic mass is 19.3. The van der Waals surface area contributed by atoms with Gasteiger partial charge >= 0.3 is 0 Å². The zero-order chi connectivity index (χ0) is 9.84. The number of aromatic nitrogens is 1. The molecule has 0 bridgehead atoms. The fourth-order valence-electron chi connectivity index (χ4n) is 1.00. The van der Waals surface area contributed by atoms with Crippen LogP contribution in [0.3, 0.4) is 0 Å². The van der Waals surface area contributed by atoms with Crippen LogP contribution in [0.25, 0.3) is 0 Å². The molecule has 0 unspecified atom stereocenters. The lowest BCUT2D eigenvalue weighted by molar-refractivity contribution is 0.143. The van der Waals surface area contributed by atoms with E-state index in [1.54, 1.807) is 0 Å². The van der Waals surface area contributed by atoms with Gasteiger partial charge in [0.25, 0.3) is 6.43 Å². The third-order valence-corrected chi connectivity index (χ3v) is 1.61. The van der Waals surface area contributed by atoms with Gasteiger partial charge in [-0.15, -0.1) is 0 Å². The molecule has 0 aliphatic carbocycles. The van der Waals surface area contributed by atoms with Gasteiger partial charge in [0.05, 0.1) is 12.7 Å². The summed E-state index contributed by atoms with van der Waals surface area (Å²) in [5, 5.41) is 0. The Morgan fingerprint density at radius 2 is 2.23 bits per heavy atom. The molecule has 0 atom stereocenters. The van der Waals surface area contributed by atoms with Gasteiger partial charge in [-0.1, -0.05) is 0 Å². The number of hydrogen-bond donors (Lipinski definition) is 0. The van der Waals surface area contributed by atoms with Crippen molar-refractivity contribution in [3.05, 3.63) is 23.5 Å². The van der Waals surface area contributed by atoms with Crippen LogP contribution in [-0.2, 0) is 6.67 Å². The van der Waals surface area contributed by atoms with E-state index in [0.717, 1.165) is 0 Å². The standard InChI is InChI=1S/C8H8F3NO/c1-13-6-2-3-12-7(8(10)11)5(6)4-9/h2-3,8H,4H2,1H3. The molecule has 1 aromatic heterocycles. The van der Waals surface area contributed by atoms with Gasteiger partial charge in [0.2, 0.25) is 0 Å². The van der Waals surface area contributed by atoms with Gasteiger partial charge in [-0.3, -0.25) is 4.98 Å². The van der Waals surface area contributed by atoms with Gasteiger partial charge in [0.15, 0.2) is 0 Å². The number of hydrogen-bond acceptors (Lipinski definition) is 2. The van der Waals surface area contributed by atoms with E-state index in [9.17, 15) is 13.2 Å². The molecule has 0 aliphatic heterocycles. The van der Waals surface area contributed by atoms with E-state index in [1.807, 2.05) is 0 Å². The van der Waals surface area contributed by atoms with Gasteiger partial charge < -0.3 is 4.74 Å². The Morgan fingerprint density at radius 3 is 2.69 bits per heavy atom. The zero-order valence-corrected chi connectivity index (χ0v) is 6.93. The lowest BCUT2D eigenvalue weighted by atomic mass is 10.2. The van der Waals surface area contributed by atoms with Crippen molar-refractivity contribution in [1.82, 2.24) is 4.98 Å². The Bertz CT molecular complexity index is 291. The molecule has 1 heterocycles. The molecule has 1 aromatic rings. The van der Waals surface area contributed by atoms with Crippen molar-refractivity contribution in [2.75, 3.05) is 7.11 Å². The molecule has 1 rings (SSSR count). The lowest BCUT2D eigenvalue weighted by Crippen LogP contribution is -1.99. The fourth-order valence-corrected chi connectivity index (χ4v) is 1.00. The van der Waals surface area contributed by atoms with Crippen LogP contribution < -0.4 is 4.74 Å². The molecule has 72 valence electrons. The van der Waals surface area contributed by atoms with Crippen LogP contribution in [0, 0.1) is 0 Å². The highest BCUT2D eigenvalue weighted by Crippen LogP contribution is 2.28. The van der Waals surface area contributed by atoms with E-state index in [0.29, 0.717) is 0 Å². The van der Waals surface area contributed by atoms with Crippen molar-refractivity contribution in [2.45, 2.75) is 13.1 Å². The summed E-state index contributed by atoms with van der Waals surface area (Å²) in [5.41, 5.74) is -0.734. The lowest BCUT2D eigenvalue weighted by Gasteiger charge is -2.08. The Balaban J connectivity index is 3.19. The minimum atomic E-state index is -2.78. The van der Waals surface area contributed by atoms with Crippen molar-refractivity contribution >= 4 is 0 Å². The van der Waals surface area contributed by atoms with Gasteiger partial charge in [0, 0.05) is 6.20 Å². The molecule has 0 radical (unpaired) electrons. The first-order valence-corrected chi connectivity index (χ1v) is 3.56. The first kappa shape index (κ1) is 9.83. The predicted molar refractivity (Wildman–Crippen MR) is 40.6 cm³/mol. The summed E-state index contributed by atoms with van der Waals surface area (Å²) in [6, 6.07) is 1.35. The largest absolute Gasteiger partial charge is 0.496 e. The summed E-state index contributed by atoms with van der Waals surface area (Å²) in [4.78, 5) is 3.39. The summed E-state index contributed by atoms with van der Waals surface area (Å²) < 4.78 is 41.5. The number of nitrogens with zero attached hydrogens (tertiary/aromatic N) is 1. The van der Waals surface area contributed by atoms with Gasteiger partial charge in [-0.05, 0) is 6.07 Å². The van der Waals surface area contributed by atoms with E-state index in [2.05, 4.69) is 4.98 Å². The van der Waals surface area contributed by atoms with Crippen LogP contribution in [0.5, 0.6) is 5.75 Å². The normalized spacial score (nSPS) is 10.5. The molecule has 0 aliphatic rings. The SMILES string of the molecule is COc1ccnc(C(F)F)c1CF. The molecule has 0 aromatic carbocycles. The minimum Gasteiger partial charge on any atom is -0.496 e. The minimum absolute atomic E-state index is 0.104. The number of methoxy groups -OCH3 is 1. The molecule has 13 heavy (non-hydrogen) atoms. The molecule has 0 amide bonds. The Labute approximate surface area is 73.4 Å². The number of rotatable bonds is 3. The van der Waals surface area contributed by atoms with E-state index in [4.69, 9.17) is 4.74 Å². The van der Waals surface area contributed by atoms with Crippen LogP contribution in [-0.4, -0.2) is 12.1 Å². The van der Waals surface area contributed by atoms with Gasteiger partial charge in [0.1, 0.15) is 18.1 Å². The molecular formula is C8H8F3NO. The third-order valence-electron chi connectivity index (χ3n) is 1.61. The number of alkyl halides is 3. The molecule has 0 spiro atoms. The van der Waals surface area contributed by atoms with Crippen LogP contribution in [0.1, 0.15) is 17.7 Å². The van der Waals surface area contributed by atoms with Crippen molar-refractivity contribution in [2.24, 2.45) is 0 Å². The number of ether oxygens (including phenoxy) is 1. The van der Waals surface area contributed by atoms with Gasteiger partial charge in [-0.25, -0.2) is 13.2 Å². The van der Waals surface area contributed by atoms with E-state index in [1.165, 1.54) is 19.4 Å². The maximum absolute atomic E-state index is 12.3. The van der Waals surface area contributed by atoms with Crippen LogP contribution >= 0.6 is 0 Å². The van der Waals surface area contributed by atoms with Crippen LogP contribution in [0.4, 0.5) is 13.2 Å². The summed E-state index contributed by atoms with van der Waals surface area (Å²) in [5.74, 6) is 0.104. The summed E-state index contributed by atoms with van der Waals surface area (Å²) in [7, 11) is 1.30. The van der Waals surface area contributed by atoms with Crippen molar-refractivity contribution in [3.8, 4) is 5.75 Å². The second kappa shape index (κ2) is 4.11. The van der Waals surface area contributed by atoms with Crippen LogP contribution in [0.2, 0.25) is 0 Å². The summed E-state index contributed by atoms with van der Waals surface area (Å²) >= 11 is 0. The maximum Gasteiger partial charge on any atom is 0.280 e. The molecular weight excluding hydrogens is 183 g/mol. The molecule has 0 saturated heterocycles. The molecule has 2 nitrogen and oxygen atoms in total. The predicted octanol–water partition coefficient (Wildman–Crippen LogP) is 2.50. The van der Waals surface area contributed by atoms with E-state index >= 15 is 0 Å². The first-order valence-electron chi connectivity index (χ1n) is 3.56. The van der Waals surface area contributed by atoms with E-state index in [-0.39, 0.29) is 11.3 Å². The average Bonchev–Trinajstić information content (AvgIpc) is 2.16. The summed E-state index contributed by atoms with van der Waals surface area (Å²) in [6.45, 7) is -1.00. The maximum atomic E-state index is 12.3. The highest BCUT2D eigenvalue weighted by Gasteiger charge is 2.17. The topological polar surface area (TPSA) is 22.1 Å². The Hall–Kier alpha value is -1.26. The quantitative estimate of drug-likeness (QED) is 0.732. The number of pyridine rings is 1. The van der Waals surface area contributed by atoms with Crippen molar-refractivity contribution in [1.29, 1.82) is 0 Å². The van der Waals surface area contributed by atoms with Crippen molar-refractivity contribution in [3.63, 3.8) is 0 Å². The summed E-state index contributed by atoms with van der Waals surface area (Å²) in [6.07, 6.45) is -1.61. The molecule has 0 saturated carbocycles. The first-order chi connectivity index (χ1) is 6.20. The Morgan fingerprint density at radius 1 is 1.54 bits per heavy atom. The Kier molecular flexibility index (Phi) is 3.11. The monoisotopic (exact) mass is 191 g/mol. The third kappa shape index (κ3) is 1.91. The molecule has 0 fully saturated rings. The van der Waals surface area contributed by atoms with Gasteiger partial charge in [-0.2, -0.15) is 0 Å². The molecule has 5 heteroatoms. The molecule has 0 N–H and O–H groups in total. The second-order valence-corrected chi connectivity index (χ2v) is 2.31. The zero-order valence-electron chi connectivity index (χ0n) is 6.93. The number of halogens is 3.